The van der Waals surface area contributed by atoms with Gasteiger partial charge >= 0.3 is 0 Å². The first-order chi connectivity index (χ1) is 15.2. The Morgan fingerprint density at radius 1 is 1.09 bits per heavy atom. The van der Waals surface area contributed by atoms with Gasteiger partial charge in [-0.2, -0.15) is 0 Å². The molecular formula is C27H35N3O2. The third kappa shape index (κ3) is 3.46. The van der Waals surface area contributed by atoms with Crippen molar-refractivity contribution in [2.45, 2.75) is 51.6 Å². The average molecular weight is 434 g/mol. The highest BCUT2D eigenvalue weighted by Crippen LogP contribution is 2.51. The van der Waals surface area contributed by atoms with Gasteiger partial charge in [0, 0.05) is 43.2 Å². The van der Waals surface area contributed by atoms with Gasteiger partial charge in [0.25, 0.3) is 0 Å². The first-order valence-electron chi connectivity index (χ1n) is 12.0. The molecule has 0 bridgehead atoms. The van der Waals surface area contributed by atoms with Crippen molar-refractivity contribution in [2.75, 3.05) is 31.6 Å². The van der Waals surface area contributed by atoms with Gasteiger partial charge in [0.1, 0.15) is 5.60 Å². The van der Waals surface area contributed by atoms with E-state index in [1.807, 2.05) is 11.0 Å². The Bertz CT molecular complexity index is 1010. The molecule has 170 valence electrons. The SMILES string of the molecule is CC(C)c1ccc([C@](O)(c2cncc(N3CC(C4CC4)CC3=O)c2)C2(C)CN(C)C2)cc1. The number of rotatable bonds is 6. The van der Waals surface area contributed by atoms with E-state index < -0.39 is 5.60 Å². The molecule has 32 heavy (non-hydrogen) atoms. The molecule has 1 unspecified atom stereocenters. The number of likely N-dealkylation sites (tertiary alicyclic amines) is 1. The first-order valence-corrected chi connectivity index (χ1v) is 12.0. The minimum absolute atomic E-state index is 0.181. The van der Waals surface area contributed by atoms with Crippen molar-refractivity contribution in [3.8, 4) is 0 Å². The lowest BCUT2D eigenvalue weighted by molar-refractivity contribution is -0.127. The Balaban J connectivity index is 1.54. The quantitative estimate of drug-likeness (QED) is 0.743. The molecule has 5 heteroatoms. The molecule has 5 rings (SSSR count). The molecule has 1 saturated carbocycles. The summed E-state index contributed by atoms with van der Waals surface area (Å²) in [4.78, 5) is 21.4. The summed E-state index contributed by atoms with van der Waals surface area (Å²) in [6, 6.07) is 10.4. The molecule has 2 aliphatic heterocycles. The molecule has 3 fully saturated rings. The van der Waals surface area contributed by atoms with E-state index in [4.69, 9.17) is 0 Å². The van der Waals surface area contributed by atoms with E-state index in [0.29, 0.717) is 24.2 Å². The van der Waals surface area contributed by atoms with E-state index in [2.05, 4.69) is 62.0 Å². The summed E-state index contributed by atoms with van der Waals surface area (Å²) >= 11 is 0. The number of hydrogen-bond acceptors (Lipinski definition) is 4. The third-order valence-corrected chi connectivity index (χ3v) is 8.00. The van der Waals surface area contributed by atoms with Crippen molar-refractivity contribution in [2.24, 2.45) is 17.3 Å². The maximum absolute atomic E-state index is 12.8. The summed E-state index contributed by atoms with van der Waals surface area (Å²) < 4.78 is 0. The summed E-state index contributed by atoms with van der Waals surface area (Å²) in [5.74, 6) is 1.79. The normalized spacial score (nSPS) is 25.1. The van der Waals surface area contributed by atoms with Crippen LogP contribution in [0, 0.1) is 17.3 Å². The van der Waals surface area contributed by atoms with Crippen LogP contribution in [0.3, 0.4) is 0 Å². The van der Waals surface area contributed by atoms with E-state index in [1.165, 1.54) is 18.4 Å². The molecule has 2 atom stereocenters. The van der Waals surface area contributed by atoms with Crippen LogP contribution in [-0.2, 0) is 10.4 Å². The van der Waals surface area contributed by atoms with Gasteiger partial charge in [-0.15, -0.1) is 0 Å². The fourth-order valence-corrected chi connectivity index (χ4v) is 5.99. The molecule has 3 aliphatic rings. The number of nitrogens with zero attached hydrogens (tertiary/aromatic N) is 3. The summed E-state index contributed by atoms with van der Waals surface area (Å²) in [7, 11) is 2.08. The predicted molar refractivity (Wildman–Crippen MR) is 127 cm³/mol. The Hall–Kier alpha value is -2.24. The fraction of sp³-hybridized carbons (Fsp3) is 0.556. The van der Waals surface area contributed by atoms with Crippen molar-refractivity contribution in [3.63, 3.8) is 0 Å². The van der Waals surface area contributed by atoms with Crippen LogP contribution in [0.4, 0.5) is 5.69 Å². The van der Waals surface area contributed by atoms with Crippen molar-refractivity contribution in [1.29, 1.82) is 0 Å². The number of carbonyl (C=O) groups excluding carboxylic acids is 1. The van der Waals surface area contributed by atoms with E-state index in [0.717, 1.165) is 36.4 Å². The van der Waals surface area contributed by atoms with Crippen LogP contribution in [0.25, 0.3) is 0 Å². The Kier molecular flexibility index (Phi) is 5.18. The van der Waals surface area contributed by atoms with Crippen molar-refractivity contribution >= 4 is 11.6 Å². The lowest BCUT2D eigenvalue weighted by atomic mass is 9.62. The lowest BCUT2D eigenvalue weighted by Gasteiger charge is -2.56. The van der Waals surface area contributed by atoms with Gasteiger partial charge in [0.15, 0.2) is 0 Å². The number of aromatic nitrogens is 1. The molecule has 1 aliphatic carbocycles. The number of benzene rings is 1. The highest BCUT2D eigenvalue weighted by molar-refractivity contribution is 5.95. The van der Waals surface area contributed by atoms with Crippen LogP contribution in [-0.4, -0.2) is 47.6 Å². The zero-order valence-corrected chi connectivity index (χ0v) is 19.7. The van der Waals surface area contributed by atoms with Gasteiger partial charge in [-0.1, -0.05) is 45.0 Å². The zero-order chi connectivity index (χ0) is 22.7. The Morgan fingerprint density at radius 3 is 2.38 bits per heavy atom. The molecule has 1 N–H and O–H groups in total. The van der Waals surface area contributed by atoms with Crippen LogP contribution >= 0.6 is 0 Å². The lowest BCUT2D eigenvalue weighted by Crippen LogP contribution is -2.63. The number of amides is 1. The highest BCUT2D eigenvalue weighted by atomic mass is 16.3. The third-order valence-electron chi connectivity index (χ3n) is 8.00. The standard InChI is InChI=1S/C27H35N3O2/c1-18(2)19-7-9-22(10-8-19)27(32,26(3)16-29(4)17-26)23-12-24(14-28-13-23)30-15-21(11-25(30)31)20-5-6-20/h7-10,12-14,18,20-21,32H,5-6,11,15-17H2,1-4H3/t21?,27-/m0/s1. The Labute approximate surface area is 191 Å². The number of carbonyl (C=O) groups is 1. The number of anilines is 1. The molecule has 5 nitrogen and oxygen atoms in total. The van der Waals surface area contributed by atoms with Crippen LogP contribution in [0.1, 0.15) is 62.6 Å². The smallest absolute Gasteiger partial charge is 0.227 e. The largest absolute Gasteiger partial charge is 0.380 e. The van der Waals surface area contributed by atoms with E-state index in [9.17, 15) is 9.90 Å². The van der Waals surface area contributed by atoms with Gasteiger partial charge < -0.3 is 14.9 Å². The minimum Gasteiger partial charge on any atom is -0.380 e. The second kappa shape index (κ2) is 7.67. The minimum atomic E-state index is -1.18. The zero-order valence-electron chi connectivity index (χ0n) is 19.7. The molecule has 2 saturated heterocycles. The molecule has 2 aromatic rings. The van der Waals surface area contributed by atoms with E-state index >= 15 is 0 Å². The summed E-state index contributed by atoms with van der Waals surface area (Å²) in [6.07, 6.45) is 6.69. The molecule has 0 radical (unpaired) electrons. The van der Waals surface area contributed by atoms with Crippen LogP contribution < -0.4 is 4.90 Å². The molecule has 1 aromatic heterocycles. The summed E-state index contributed by atoms with van der Waals surface area (Å²) in [5, 5.41) is 12.4. The van der Waals surface area contributed by atoms with E-state index in [-0.39, 0.29) is 11.3 Å². The maximum atomic E-state index is 12.8. The molecule has 1 aromatic carbocycles. The fourth-order valence-electron chi connectivity index (χ4n) is 5.99. The summed E-state index contributed by atoms with van der Waals surface area (Å²) in [6.45, 7) is 8.88. The number of aliphatic hydroxyl groups is 1. The van der Waals surface area contributed by atoms with Crippen LogP contribution in [0.15, 0.2) is 42.7 Å². The Morgan fingerprint density at radius 2 is 1.78 bits per heavy atom. The second-order valence-electron chi connectivity index (χ2n) is 11.0. The number of pyridine rings is 1. The van der Waals surface area contributed by atoms with Gasteiger partial charge in [-0.05, 0) is 54.8 Å². The average Bonchev–Trinajstić information content (AvgIpc) is 3.54. The first kappa shape index (κ1) is 21.6. The molecular weight excluding hydrogens is 398 g/mol. The predicted octanol–water partition coefficient (Wildman–Crippen LogP) is 4.16. The molecule has 1 amide bonds. The van der Waals surface area contributed by atoms with Crippen molar-refractivity contribution in [3.05, 3.63) is 59.4 Å². The highest BCUT2D eigenvalue weighted by Gasteiger charge is 2.55. The van der Waals surface area contributed by atoms with Crippen molar-refractivity contribution in [1.82, 2.24) is 9.88 Å². The van der Waals surface area contributed by atoms with E-state index in [1.54, 1.807) is 12.4 Å². The van der Waals surface area contributed by atoms with Crippen LogP contribution in [0.2, 0.25) is 0 Å². The van der Waals surface area contributed by atoms with Crippen LogP contribution in [0.5, 0.6) is 0 Å². The van der Waals surface area contributed by atoms with Crippen molar-refractivity contribution < 1.29 is 9.90 Å². The monoisotopic (exact) mass is 433 g/mol. The molecule has 3 heterocycles. The number of hydrogen-bond donors (Lipinski definition) is 1. The van der Waals surface area contributed by atoms with Gasteiger partial charge in [-0.25, -0.2) is 0 Å². The van der Waals surface area contributed by atoms with Gasteiger partial charge in [0.2, 0.25) is 5.91 Å². The second-order valence-corrected chi connectivity index (χ2v) is 11.0. The maximum Gasteiger partial charge on any atom is 0.227 e. The topological polar surface area (TPSA) is 56.7 Å². The van der Waals surface area contributed by atoms with Gasteiger partial charge in [-0.3, -0.25) is 9.78 Å². The molecule has 0 spiro atoms. The summed E-state index contributed by atoms with van der Waals surface area (Å²) in [5.41, 5.74) is 2.20. The van der Waals surface area contributed by atoms with Gasteiger partial charge in [0.05, 0.1) is 11.9 Å².